The van der Waals surface area contributed by atoms with Crippen LogP contribution in [0.5, 0.6) is 0 Å². The molecule has 0 atom stereocenters. The van der Waals surface area contributed by atoms with Crippen molar-refractivity contribution < 1.29 is 18.4 Å². The maximum atomic E-state index is 13.6. The number of amides is 2. The van der Waals surface area contributed by atoms with E-state index in [1.165, 1.54) is 0 Å². The molecule has 6 nitrogen and oxygen atoms in total. The van der Waals surface area contributed by atoms with Gasteiger partial charge in [-0.15, -0.1) is 0 Å². The van der Waals surface area contributed by atoms with Crippen LogP contribution < -0.4 is 5.32 Å². The van der Waals surface area contributed by atoms with Crippen LogP contribution in [0.25, 0.3) is 0 Å². The number of likely N-dealkylation sites (N-methyl/N-ethyl adjacent to an activating group) is 1. The Morgan fingerprint density at radius 1 is 1.15 bits per heavy atom. The van der Waals surface area contributed by atoms with Gasteiger partial charge in [0.25, 0.3) is 5.91 Å². The largest absolute Gasteiger partial charge is 0.351 e. The molecule has 1 saturated heterocycles. The van der Waals surface area contributed by atoms with Crippen LogP contribution in [0.3, 0.4) is 0 Å². The minimum Gasteiger partial charge on any atom is -0.351 e. The first-order valence-electron chi connectivity index (χ1n) is 9.25. The van der Waals surface area contributed by atoms with Crippen LogP contribution in [0.1, 0.15) is 23.2 Å². The molecule has 1 aromatic rings. The van der Waals surface area contributed by atoms with Gasteiger partial charge in [-0.3, -0.25) is 9.59 Å². The molecule has 1 heterocycles. The van der Waals surface area contributed by atoms with Gasteiger partial charge in [-0.25, -0.2) is 8.78 Å². The summed E-state index contributed by atoms with van der Waals surface area (Å²) in [6.07, 6.45) is 1.08. The van der Waals surface area contributed by atoms with Crippen molar-refractivity contribution in [3.63, 3.8) is 0 Å². The molecule has 0 radical (unpaired) electrons. The molecule has 1 aromatic carbocycles. The van der Waals surface area contributed by atoms with Gasteiger partial charge in [0.2, 0.25) is 5.91 Å². The van der Waals surface area contributed by atoms with Crippen molar-refractivity contribution >= 4 is 11.8 Å². The van der Waals surface area contributed by atoms with E-state index < -0.39 is 17.5 Å². The smallest absolute Gasteiger partial charge is 0.254 e. The average molecular weight is 382 g/mol. The number of carbonyl (C=O) groups excluding carboxylic acids is 2. The molecule has 0 bridgehead atoms. The second kappa shape index (κ2) is 10.3. The number of nitrogens with one attached hydrogen (secondary N) is 1. The van der Waals surface area contributed by atoms with E-state index in [-0.39, 0.29) is 24.4 Å². The van der Waals surface area contributed by atoms with Crippen molar-refractivity contribution in [2.45, 2.75) is 12.8 Å². The standard InChI is InChI=1S/C19H28F2N4O2/c1-23(2)10-11-24-8-3-9-25(13-12-24)18(26)6-7-22-19(27)16-5-4-15(20)14-17(16)21/h4-5,14H,3,6-13H2,1-2H3,(H,22,27). The van der Waals surface area contributed by atoms with Gasteiger partial charge in [-0.05, 0) is 39.2 Å². The van der Waals surface area contributed by atoms with Crippen LogP contribution in [-0.4, -0.2) is 86.4 Å². The van der Waals surface area contributed by atoms with Crippen LogP contribution in [0.15, 0.2) is 18.2 Å². The summed E-state index contributed by atoms with van der Waals surface area (Å²) in [4.78, 5) is 30.6. The molecule has 0 spiro atoms. The highest BCUT2D eigenvalue weighted by Gasteiger charge is 2.19. The summed E-state index contributed by atoms with van der Waals surface area (Å²) in [5.74, 6) is -2.32. The molecule has 0 aromatic heterocycles. The van der Waals surface area contributed by atoms with E-state index in [0.717, 1.165) is 44.7 Å². The van der Waals surface area contributed by atoms with Crippen LogP contribution in [-0.2, 0) is 4.79 Å². The number of nitrogens with zero attached hydrogens (tertiary/aromatic N) is 3. The van der Waals surface area contributed by atoms with E-state index in [9.17, 15) is 18.4 Å². The summed E-state index contributed by atoms with van der Waals surface area (Å²) in [5.41, 5.74) is -0.227. The highest BCUT2D eigenvalue weighted by Crippen LogP contribution is 2.09. The molecular weight excluding hydrogens is 354 g/mol. The summed E-state index contributed by atoms with van der Waals surface area (Å²) >= 11 is 0. The Morgan fingerprint density at radius 2 is 1.93 bits per heavy atom. The number of hydrogen-bond acceptors (Lipinski definition) is 4. The van der Waals surface area contributed by atoms with Crippen LogP contribution in [0.2, 0.25) is 0 Å². The highest BCUT2D eigenvalue weighted by molar-refractivity contribution is 5.94. The fourth-order valence-electron chi connectivity index (χ4n) is 3.00. The summed E-state index contributed by atoms with van der Waals surface area (Å²) in [5, 5.41) is 2.52. The third-order valence-electron chi connectivity index (χ3n) is 4.60. The molecule has 1 aliphatic heterocycles. The lowest BCUT2D eigenvalue weighted by Crippen LogP contribution is -2.38. The maximum absolute atomic E-state index is 13.6. The van der Waals surface area contributed by atoms with Gasteiger partial charge in [0, 0.05) is 51.8 Å². The minimum atomic E-state index is -0.913. The van der Waals surface area contributed by atoms with E-state index in [1.54, 1.807) is 0 Å². The maximum Gasteiger partial charge on any atom is 0.254 e. The molecule has 2 rings (SSSR count). The Morgan fingerprint density at radius 3 is 2.63 bits per heavy atom. The molecule has 0 saturated carbocycles. The summed E-state index contributed by atoms with van der Waals surface area (Å²) < 4.78 is 26.5. The molecule has 150 valence electrons. The minimum absolute atomic E-state index is 0.0238. The van der Waals surface area contributed by atoms with Crippen LogP contribution >= 0.6 is 0 Å². The van der Waals surface area contributed by atoms with Gasteiger partial charge in [0.15, 0.2) is 0 Å². The zero-order chi connectivity index (χ0) is 19.8. The first-order chi connectivity index (χ1) is 12.9. The zero-order valence-electron chi connectivity index (χ0n) is 16.0. The van der Waals surface area contributed by atoms with E-state index in [0.29, 0.717) is 19.2 Å². The Balaban J connectivity index is 1.74. The molecule has 27 heavy (non-hydrogen) atoms. The van der Waals surface area contributed by atoms with Crippen molar-refractivity contribution in [3.05, 3.63) is 35.4 Å². The summed E-state index contributed by atoms with van der Waals surface area (Å²) in [6, 6.07) is 2.79. The third-order valence-corrected chi connectivity index (χ3v) is 4.60. The van der Waals surface area contributed by atoms with E-state index >= 15 is 0 Å². The van der Waals surface area contributed by atoms with Gasteiger partial charge >= 0.3 is 0 Å². The molecule has 2 amide bonds. The number of carbonyl (C=O) groups is 2. The van der Waals surface area contributed by atoms with Crippen molar-refractivity contribution in [2.75, 3.05) is 59.9 Å². The predicted octanol–water partition coefficient (Wildman–Crippen LogP) is 1.18. The predicted molar refractivity (Wildman–Crippen MR) is 99.5 cm³/mol. The topological polar surface area (TPSA) is 55.9 Å². The molecular formula is C19H28F2N4O2. The molecule has 1 N–H and O–H groups in total. The van der Waals surface area contributed by atoms with Gasteiger partial charge in [0.1, 0.15) is 11.6 Å². The van der Waals surface area contributed by atoms with E-state index in [4.69, 9.17) is 0 Å². The van der Waals surface area contributed by atoms with E-state index in [2.05, 4.69) is 15.1 Å². The first kappa shape index (κ1) is 21.2. The molecule has 1 fully saturated rings. The molecule has 0 aliphatic carbocycles. The number of halogens is 2. The van der Waals surface area contributed by atoms with Gasteiger partial charge in [-0.1, -0.05) is 0 Å². The molecule has 8 heteroatoms. The van der Waals surface area contributed by atoms with Crippen molar-refractivity contribution in [1.29, 1.82) is 0 Å². The normalized spacial score (nSPS) is 15.7. The van der Waals surface area contributed by atoms with E-state index in [1.807, 2.05) is 19.0 Å². The van der Waals surface area contributed by atoms with Crippen molar-refractivity contribution in [3.8, 4) is 0 Å². The zero-order valence-corrected chi connectivity index (χ0v) is 16.0. The number of rotatable bonds is 7. The lowest BCUT2D eigenvalue weighted by Gasteiger charge is -2.23. The SMILES string of the molecule is CN(C)CCN1CCCN(C(=O)CCNC(=O)c2ccc(F)cc2F)CC1. The quantitative estimate of drug-likeness (QED) is 0.770. The Bertz CT molecular complexity index is 655. The van der Waals surface area contributed by atoms with Gasteiger partial charge in [0.05, 0.1) is 5.56 Å². The molecule has 0 unspecified atom stereocenters. The summed E-state index contributed by atoms with van der Waals surface area (Å²) in [6.45, 7) is 5.28. The highest BCUT2D eigenvalue weighted by atomic mass is 19.1. The Kier molecular flexibility index (Phi) is 8.12. The van der Waals surface area contributed by atoms with Gasteiger partial charge < -0.3 is 20.0 Å². The average Bonchev–Trinajstić information content (AvgIpc) is 2.85. The first-order valence-corrected chi connectivity index (χ1v) is 9.25. The fraction of sp³-hybridized carbons (Fsp3) is 0.579. The fourth-order valence-corrected chi connectivity index (χ4v) is 3.00. The van der Waals surface area contributed by atoms with Crippen LogP contribution in [0, 0.1) is 11.6 Å². The Hall–Kier alpha value is -2.06. The second-order valence-corrected chi connectivity index (χ2v) is 7.01. The molecule has 1 aliphatic rings. The van der Waals surface area contributed by atoms with Crippen LogP contribution in [0.4, 0.5) is 8.78 Å². The number of hydrogen-bond donors (Lipinski definition) is 1. The lowest BCUT2D eigenvalue weighted by molar-refractivity contribution is -0.130. The monoisotopic (exact) mass is 382 g/mol. The van der Waals surface area contributed by atoms with Gasteiger partial charge in [-0.2, -0.15) is 0 Å². The lowest BCUT2D eigenvalue weighted by atomic mass is 10.2. The second-order valence-electron chi connectivity index (χ2n) is 7.01. The summed E-state index contributed by atoms with van der Waals surface area (Å²) in [7, 11) is 4.08. The van der Waals surface area contributed by atoms with Crippen molar-refractivity contribution in [1.82, 2.24) is 20.0 Å². The Labute approximate surface area is 159 Å². The number of benzene rings is 1. The van der Waals surface area contributed by atoms with Crippen molar-refractivity contribution in [2.24, 2.45) is 0 Å². The third kappa shape index (κ3) is 6.88.